The van der Waals surface area contributed by atoms with Gasteiger partial charge in [0.05, 0.1) is 22.9 Å². The molecule has 0 saturated carbocycles. The van der Waals surface area contributed by atoms with Gasteiger partial charge in [0, 0.05) is 22.8 Å². The number of nitrogens with zero attached hydrogens (tertiary/aromatic N) is 4. The molecule has 0 aliphatic heterocycles. The first-order chi connectivity index (χ1) is 7.69. The zero-order valence-electron chi connectivity index (χ0n) is 9.22. The molecule has 0 N–H and O–H groups in total. The summed E-state index contributed by atoms with van der Waals surface area (Å²) >= 11 is 5.06. The van der Waals surface area contributed by atoms with Crippen LogP contribution in [0.4, 0.5) is 0 Å². The van der Waals surface area contributed by atoms with Crippen LogP contribution in [0.25, 0.3) is 0 Å². The van der Waals surface area contributed by atoms with Crippen molar-refractivity contribution >= 4 is 27.3 Å². The molecule has 0 aliphatic rings. The van der Waals surface area contributed by atoms with E-state index in [2.05, 4.69) is 50.5 Å². The van der Waals surface area contributed by atoms with E-state index < -0.39 is 0 Å². The summed E-state index contributed by atoms with van der Waals surface area (Å²) in [6.45, 7) is 5.01. The number of hydrogen-bond donors (Lipinski definition) is 0. The maximum atomic E-state index is 4.56. The van der Waals surface area contributed by atoms with Crippen molar-refractivity contribution in [1.82, 2.24) is 20.0 Å². The average Bonchev–Trinajstić information content (AvgIpc) is 2.87. The maximum absolute atomic E-state index is 4.56. The van der Waals surface area contributed by atoms with Crippen LogP contribution in [-0.4, -0.2) is 20.0 Å². The van der Waals surface area contributed by atoms with Gasteiger partial charge in [-0.3, -0.25) is 0 Å². The Morgan fingerprint density at radius 1 is 1.44 bits per heavy atom. The molecule has 0 spiro atoms. The van der Waals surface area contributed by atoms with Gasteiger partial charge in [-0.1, -0.05) is 35.0 Å². The molecule has 16 heavy (non-hydrogen) atoms. The van der Waals surface area contributed by atoms with E-state index in [9.17, 15) is 0 Å². The number of hydrogen-bond acceptors (Lipinski definition) is 4. The van der Waals surface area contributed by atoms with Gasteiger partial charge >= 0.3 is 0 Å². The quantitative estimate of drug-likeness (QED) is 0.816. The van der Waals surface area contributed by atoms with Crippen molar-refractivity contribution in [2.45, 2.75) is 31.6 Å². The van der Waals surface area contributed by atoms with Gasteiger partial charge in [0.15, 0.2) is 0 Å². The molecular formula is C10H13BrN4S. The van der Waals surface area contributed by atoms with Crippen molar-refractivity contribution in [3.8, 4) is 0 Å². The molecule has 0 atom stereocenters. The molecule has 6 heteroatoms. The van der Waals surface area contributed by atoms with Crippen molar-refractivity contribution in [2.24, 2.45) is 0 Å². The van der Waals surface area contributed by atoms with Crippen LogP contribution in [0.1, 0.15) is 36.2 Å². The van der Waals surface area contributed by atoms with E-state index in [4.69, 9.17) is 0 Å². The predicted octanol–water partition coefficient (Wildman–Crippen LogP) is 2.80. The smallest absolute Gasteiger partial charge is 0.0954 e. The van der Waals surface area contributed by atoms with Crippen LogP contribution in [0.5, 0.6) is 0 Å². The lowest BCUT2D eigenvalue weighted by Crippen LogP contribution is -2.01. The molecule has 2 aromatic rings. The normalized spacial score (nSPS) is 11.2. The number of rotatable bonds is 4. The topological polar surface area (TPSA) is 43.6 Å². The molecule has 0 unspecified atom stereocenters. The lowest BCUT2D eigenvalue weighted by molar-refractivity contribution is 0.638. The highest BCUT2D eigenvalue weighted by atomic mass is 79.9. The molecule has 0 fully saturated rings. The largest absolute Gasteiger partial charge is 0.246 e. The summed E-state index contributed by atoms with van der Waals surface area (Å²) in [5.41, 5.74) is 2.00. The van der Waals surface area contributed by atoms with Crippen LogP contribution in [0.15, 0.2) is 11.6 Å². The third kappa shape index (κ3) is 2.68. The van der Waals surface area contributed by atoms with E-state index in [0.29, 0.717) is 12.5 Å². The highest BCUT2D eigenvalue weighted by Crippen LogP contribution is 2.19. The standard InChI is InChI=1S/C10H13BrN4S/c1-7(2)10-12-9(6-16-10)5-15-4-8(3-11)13-14-15/h4,6-7H,3,5H2,1-2H3. The first-order valence-corrected chi connectivity index (χ1v) is 7.08. The van der Waals surface area contributed by atoms with E-state index in [1.807, 2.05) is 10.9 Å². The molecule has 0 radical (unpaired) electrons. The Labute approximate surface area is 107 Å². The maximum Gasteiger partial charge on any atom is 0.0954 e. The fraction of sp³-hybridized carbons (Fsp3) is 0.500. The second kappa shape index (κ2) is 5.05. The molecule has 4 nitrogen and oxygen atoms in total. The van der Waals surface area contributed by atoms with Crippen molar-refractivity contribution in [3.05, 3.63) is 28.0 Å². The Morgan fingerprint density at radius 2 is 2.25 bits per heavy atom. The van der Waals surface area contributed by atoms with Crippen LogP contribution < -0.4 is 0 Å². The van der Waals surface area contributed by atoms with Gasteiger partial charge in [0.25, 0.3) is 0 Å². The molecule has 0 amide bonds. The number of aromatic nitrogens is 4. The van der Waals surface area contributed by atoms with Crippen LogP contribution >= 0.6 is 27.3 Å². The van der Waals surface area contributed by atoms with Crippen molar-refractivity contribution in [3.63, 3.8) is 0 Å². The van der Waals surface area contributed by atoms with Crippen LogP contribution in [0.2, 0.25) is 0 Å². The van der Waals surface area contributed by atoms with Crippen LogP contribution in [-0.2, 0) is 11.9 Å². The second-order valence-corrected chi connectivity index (χ2v) is 5.32. The average molecular weight is 301 g/mol. The molecule has 0 bridgehead atoms. The van der Waals surface area contributed by atoms with E-state index in [0.717, 1.165) is 16.7 Å². The van der Waals surface area contributed by atoms with Crippen LogP contribution in [0.3, 0.4) is 0 Å². The number of halogens is 1. The molecule has 2 aromatic heterocycles. The van der Waals surface area contributed by atoms with Gasteiger partial charge in [0.1, 0.15) is 0 Å². The summed E-state index contributed by atoms with van der Waals surface area (Å²) in [6.07, 6.45) is 1.93. The predicted molar refractivity (Wildman–Crippen MR) is 68.0 cm³/mol. The molecule has 2 rings (SSSR count). The van der Waals surface area contributed by atoms with Gasteiger partial charge < -0.3 is 0 Å². The Bertz CT molecular complexity index is 463. The first kappa shape index (κ1) is 11.7. The fourth-order valence-electron chi connectivity index (χ4n) is 1.30. The fourth-order valence-corrected chi connectivity index (χ4v) is 2.39. The van der Waals surface area contributed by atoms with Gasteiger partial charge in [-0.25, -0.2) is 9.67 Å². The molecule has 2 heterocycles. The molecule has 0 aliphatic carbocycles. The number of alkyl halides is 1. The molecule has 0 saturated heterocycles. The summed E-state index contributed by atoms with van der Waals surface area (Å²) in [4.78, 5) is 4.56. The van der Waals surface area contributed by atoms with Gasteiger partial charge in [-0.15, -0.1) is 16.4 Å². The summed E-state index contributed by atoms with van der Waals surface area (Å²) in [7, 11) is 0. The highest BCUT2D eigenvalue weighted by Gasteiger charge is 2.07. The Kier molecular flexibility index (Phi) is 3.70. The minimum absolute atomic E-state index is 0.493. The van der Waals surface area contributed by atoms with E-state index in [-0.39, 0.29) is 0 Å². The third-order valence-electron chi connectivity index (χ3n) is 2.11. The van der Waals surface area contributed by atoms with E-state index in [1.54, 1.807) is 11.3 Å². The minimum atomic E-state index is 0.493. The Balaban J connectivity index is 2.08. The van der Waals surface area contributed by atoms with E-state index in [1.165, 1.54) is 5.01 Å². The minimum Gasteiger partial charge on any atom is -0.246 e. The van der Waals surface area contributed by atoms with Gasteiger partial charge in [-0.2, -0.15) is 0 Å². The Hall–Kier alpha value is -0.750. The SMILES string of the molecule is CC(C)c1nc(Cn2cc(CBr)nn2)cs1. The molecule has 86 valence electrons. The summed E-state index contributed by atoms with van der Waals surface area (Å²) in [5, 5.41) is 12.1. The van der Waals surface area contributed by atoms with Crippen molar-refractivity contribution < 1.29 is 0 Å². The zero-order valence-corrected chi connectivity index (χ0v) is 11.6. The van der Waals surface area contributed by atoms with Crippen molar-refractivity contribution in [2.75, 3.05) is 0 Å². The third-order valence-corrected chi connectivity index (χ3v) is 3.88. The zero-order chi connectivity index (χ0) is 11.5. The second-order valence-electron chi connectivity index (χ2n) is 3.87. The molecular weight excluding hydrogens is 288 g/mol. The molecule has 0 aromatic carbocycles. The lowest BCUT2D eigenvalue weighted by Gasteiger charge is -1.97. The highest BCUT2D eigenvalue weighted by molar-refractivity contribution is 9.08. The summed E-state index contributed by atoms with van der Waals surface area (Å²) < 4.78 is 1.82. The summed E-state index contributed by atoms with van der Waals surface area (Å²) in [5.74, 6) is 0.493. The first-order valence-electron chi connectivity index (χ1n) is 5.08. The van der Waals surface area contributed by atoms with Gasteiger partial charge in [-0.05, 0) is 0 Å². The van der Waals surface area contributed by atoms with Gasteiger partial charge in [0.2, 0.25) is 0 Å². The van der Waals surface area contributed by atoms with Crippen LogP contribution in [0, 0.1) is 0 Å². The lowest BCUT2D eigenvalue weighted by atomic mass is 10.2. The summed E-state index contributed by atoms with van der Waals surface area (Å²) in [6, 6.07) is 0. The number of thiazole rings is 1. The van der Waals surface area contributed by atoms with E-state index >= 15 is 0 Å². The Morgan fingerprint density at radius 3 is 2.81 bits per heavy atom. The van der Waals surface area contributed by atoms with Crippen molar-refractivity contribution in [1.29, 1.82) is 0 Å². The monoisotopic (exact) mass is 300 g/mol.